The maximum Gasteiger partial charge on any atom is 0.126 e. The van der Waals surface area contributed by atoms with Gasteiger partial charge in [-0.05, 0) is 19.4 Å². The molecule has 1 aromatic rings. The molecule has 0 radical (unpaired) electrons. The molecule has 0 saturated heterocycles. The van der Waals surface area contributed by atoms with Gasteiger partial charge in [-0.15, -0.1) is 0 Å². The van der Waals surface area contributed by atoms with Crippen molar-refractivity contribution in [3.05, 3.63) is 42.5 Å². The quantitative estimate of drug-likeness (QED) is 0.620. The summed E-state index contributed by atoms with van der Waals surface area (Å²) < 4.78 is 0. The maximum atomic E-state index is 9.44. The van der Waals surface area contributed by atoms with Crippen LogP contribution in [0.4, 0.5) is 0 Å². The molecule has 1 rings (SSSR count). The Kier molecular flexibility index (Phi) is 5.62. The lowest BCUT2D eigenvalue weighted by Crippen LogP contribution is -1.69. The smallest absolute Gasteiger partial charge is 0.126 e. The largest absolute Gasteiger partial charge is 0.300 e. The van der Waals surface area contributed by atoms with Gasteiger partial charge in [-0.25, -0.2) is 0 Å². The highest BCUT2D eigenvalue weighted by Crippen LogP contribution is 1.97. The minimum absolute atomic E-state index is 0.167. The van der Waals surface area contributed by atoms with E-state index in [0.717, 1.165) is 0 Å². The highest BCUT2D eigenvalue weighted by atomic mass is 16.1. The summed E-state index contributed by atoms with van der Waals surface area (Å²) in [5, 5.41) is 0. The Balaban J connectivity index is 0.000000261. The third-order valence-electron chi connectivity index (χ3n) is 1.04. The predicted molar refractivity (Wildman–Crippen MR) is 52.9 cm³/mol. The molecule has 1 aromatic carbocycles. The average molecular weight is 162 g/mol. The van der Waals surface area contributed by atoms with E-state index in [-0.39, 0.29) is 5.78 Å². The van der Waals surface area contributed by atoms with Crippen molar-refractivity contribution < 1.29 is 4.79 Å². The molecule has 0 aromatic heterocycles. The summed E-state index contributed by atoms with van der Waals surface area (Å²) in [6.07, 6.45) is 1.83. The van der Waals surface area contributed by atoms with Crippen LogP contribution in [0, 0.1) is 0 Å². The van der Waals surface area contributed by atoms with Crippen LogP contribution in [0.1, 0.15) is 19.4 Å². The second kappa shape index (κ2) is 6.35. The first-order valence-electron chi connectivity index (χ1n) is 3.81. The fourth-order valence-electron chi connectivity index (χ4n) is 0.589. The molecule has 0 bridgehead atoms. The number of hydrogen-bond donors (Lipinski definition) is 0. The van der Waals surface area contributed by atoms with Crippen LogP contribution < -0.4 is 0 Å². The second-order valence-electron chi connectivity index (χ2n) is 2.52. The fourth-order valence-corrected chi connectivity index (χ4v) is 0.589. The van der Waals surface area contributed by atoms with Crippen molar-refractivity contribution >= 4 is 11.9 Å². The lowest BCUT2D eigenvalue weighted by atomic mass is 10.2. The molecule has 64 valence electrons. The Bertz CT molecular complexity index is 232. The molecule has 0 spiro atoms. The van der Waals surface area contributed by atoms with Crippen molar-refractivity contribution in [3.8, 4) is 0 Å². The molecule has 0 N–H and O–H groups in total. The van der Waals surface area contributed by atoms with Crippen LogP contribution in [0.3, 0.4) is 0 Å². The van der Waals surface area contributed by atoms with Gasteiger partial charge in [0, 0.05) is 0 Å². The number of carbonyl (C=O) groups is 1. The van der Waals surface area contributed by atoms with Gasteiger partial charge in [0.15, 0.2) is 0 Å². The van der Waals surface area contributed by atoms with Crippen LogP contribution in [0.2, 0.25) is 0 Å². The van der Waals surface area contributed by atoms with Crippen LogP contribution >= 0.6 is 0 Å². The zero-order valence-corrected chi connectivity index (χ0v) is 7.58. The minimum atomic E-state index is 0.167. The molecule has 0 unspecified atom stereocenters. The van der Waals surface area contributed by atoms with Gasteiger partial charge in [0.2, 0.25) is 0 Å². The first-order valence-corrected chi connectivity index (χ1v) is 3.81. The van der Waals surface area contributed by atoms with Crippen molar-refractivity contribution in [1.82, 2.24) is 0 Å². The van der Waals surface area contributed by atoms with Gasteiger partial charge in [-0.2, -0.15) is 0 Å². The lowest BCUT2D eigenvalue weighted by molar-refractivity contribution is -0.114. The van der Waals surface area contributed by atoms with E-state index in [1.807, 2.05) is 36.4 Å². The van der Waals surface area contributed by atoms with Crippen LogP contribution in [0.15, 0.2) is 36.9 Å². The highest BCUT2D eigenvalue weighted by Gasteiger charge is 1.75. The van der Waals surface area contributed by atoms with Crippen molar-refractivity contribution in [3.63, 3.8) is 0 Å². The van der Waals surface area contributed by atoms with Gasteiger partial charge in [0.25, 0.3) is 0 Å². The van der Waals surface area contributed by atoms with Crippen molar-refractivity contribution in [1.29, 1.82) is 0 Å². The number of benzene rings is 1. The molecule has 0 aliphatic heterocycles. The molecule has 1 nitrogen and oxygen atoms in total. The molecule has 12 heavy (non-hydrogen) atoms. The van der Waals surface area contributed by atoms with E-state index in [1.165, 1.54) is 19.4 Å². The van der Waals surface area contributed by atoms with Crippen molar-refractivity contribution in [2.24, 2.45) is 0 Å². The monoisotopic (exact) mass is 162 g/mol. The Hall–Kier alpha value is -1.37. The third-order valence-corrected chi connectivity index (χ3v) is 1.04. The molecule has 0 aliphatic rings. The summed E-state index contributed by atoms with van der Waals surface area (Å²) in [7, 11) is 0. The topological polar surface area (TPSA) is 17.1 Å². The van der Waals surface area contributed by atoms with Crippen LogP contribution in [0.25, 0.3) is 6.08 Å². The Morgan fingerprint density at radius 1 is 1.25 bits per heavy atom. The molecule has 1 heteroatoms. The third kappa shape index (κ3) is 6.75. The SMILES string of the molecule is C=Cc1ccccc1.CC(C)=O. The van der Waals surface area contributed by atoms with E-state index in [1.54, 1.807) is 0 Å². The van der Waals surface area contributed by atoms with Crippen LogP contribution in [0.5, 0.6) is 0 Å². The van der Waals surface area contributed by atoms with Crippen LogP contribution in [-0.4, -0.2) is 5.78 Å². The number of ketones is 1. The van der Waals surface area contributed by atoms with E-state index in [4.69, 9.17) is 0 Å². The molecular weight excluding hydrogens is 148 g/mol. The Morgan fingerprint density at radius 3 is 1.92 bits per heavy atom. The lowest BCUT2D eigenvalue weighted by Gasteiger charge is -1.85. The minimum Gasteiger partial charge on any atom is -0.300 e. The molecule has 0 heterocycles. The molecule has 0 aliphatic carbocycles. The molecule has 0 saturated carbocycles. The first kappa shape index (κ1) is 10.6. The Labute approximate surface area is 73.7 Å². The molecule has 0 amide bonds. The normalized spacial score (nSPS) is 7.83. The standard InChI is InChI=1S/C8H8.C3H6O/c1-2-8-6-4-3-5-7-8;1-3(2)4/h2-7H,1H2;1-2H3. The zero-order chi connectivity index (χ0) is 9.40. The van der Waals surface area contributed by atoms with Gasteiger partial charge < -0.3 is 4.79 Å². The zero-order valence-electron chi connectivity index (χ0n) is 7.58. The number of Topliss-reactive ketones (excluding diaryl/α,β-unsaturated/α-hetero) is 1. The molecule has 0 fully saturated rings. The van der Waals surface area contributed by atoms with Crippen LogP contribution in [-0.2, 0) is 4.79 Å². The number of hydrogen-bond acceptors (Lipinski definition) is 1. The van der Waals surface area contributed by atoms with Gasteiger partial charge in [-0.3, -0.25) is 0 Å². The summed E-state index contributed by atoms with van der Waals surface area (Å²) in [6, 6.07) is 10.0. The highest BCUT2D eigenvalue weighted by molar-refractivity contribution is 5.72. The van der Waals surface area contributed by atoms with E-state index in [0.29, 0.717) is 0 Å². The molecule has 0 atom stereocenters. The van der Waals surface area contributed by atoms with Crippen molar-refractivity contribution in [2.75, 3.05) is 0 Å². The predicted octanol–water partition coefficient (Wildman–Crippen LogP) is 2.92. The first-order chi connectivity index (χ1) is 5.66. The van der Waals surface area contributed by atoms with E-state index < -0.39 is 0 Å². The summed E-state index contributed by atoms with van der Waals surface area (Å²) in [4.78, 5) is 9.44. The van der Waals surface area contributed by atoms with E-state index in [9.17, 15) is 4.79 Å². The average Bonchev–Trinajstić information content (AvgIpc) is 2.05. The number of carbonyl (C=O) groups excluding carboxylic acids is 1. The van der Waals surface area contributed by atoms with Crippen molar-refractivity contribution in [2.45, 2.75) is 13.8 Å². The molecular formula is C11H14O. The summed E-state index contributed by atoms with van der Waals surface area (Å²) in [5.74, 6) is 0.167. The van der Waals surface area contributed by atoms with Gasteiger partial charge >= 0.3 is 0 Å². The van der Waals surface area contributed by atoms with E-state index >= 15 is 0 Å². The van der Waals surface area contributed by atoms with Gasteiger partial charge in [-0.1, -0.05) is 43.0 Å². The maximum absolute atomic E-state index is 9.44. The second-order valence-corrected chi connectivity index (χ2v) is 2.52. The number of rotatable bonds is 1. The van der Waals surface area contributed by atoms with E-state index in [2.05, 4.69) is 6.58 Å². The summed E-state index contributed by atoms with van der Waals surface area (Å²) in [5.41, 5.74) is 1.17. The fraction of sp³-hybridized carbons (Fsp3) is 0.182. The Morgan fingerprint density at radius 2 is 1.67 bits per heavy atom. The summed E-state index contributed by atoms with van der Waals surface area (Å²) >= 11 is 0. The summed E-state index contributed by atoms with van der Waals surface area (Å²) in [6.45, 7) is 6.69. The van der Waals surface area contributed by atoms with Gasteiger partial charge in [0.1, 0.15) is 5.78 Å². The van der Waals surface area contributed by atoms with Gasteiger partial charge in [0.05, 0.1) is 0 Å².